The van der Waals surface area contributed by atoms with E-state index in [1.807, 2.05) is 0 Å². The molecule has 3 saturated carbocycles. The Kier molecular flexibility index (Phi) is 12.1. The van der Waals surface area contributed by atoms with E-state index in [0.29, 0.717) is 24.2 Å². The van der Waals surface area contributed by atoms with E-state index in [4.69, 9.17) is 18.9 Å². The lowest BCUT2D eigenvalue weighted by Crippen LogP contribution is -2.33. The first kappa shape index (κ1) is 27.7. The summed E-state index contributed by atoms with van der Waals surface area (Å²) >= 11 is 0. The number of hydrogen-bond donors (Lipinski definition) is 0. The van der Waals surface area contributed by atoms with Crippen molar-refractivity contribution in [3.63, 3.8) is 0 Å². The number of halogens is 1. The van der Waals surface area contributed by atoms with Gasteiger partial charge in [0.15, 0.2) is 13.6 Å². The molecule has 3 rings (SSSR count). The molecule has 0 radical (unpaired) electrons. The van der Waals surface area contributed by atoms with Crippen LogP contribution in [0.1, 0.15) is 77.0 Å². The third-order valence-corrected chi connectivity index (χ3v) is 8.10. The van der Waals surface area contributed by atoms with Gasteiger partial charge in [0.25, 0.3) is 0 Å². The highest BCUT2D eigenvalue weighted by Crippen LogP contribution is 2.43. The fourth-order valence-electron chi connectivity index (χ4n) is 5.97. The standard InChI is InChI=1S/C29H43FO5/c1-3-29(31)35-21-34-26-14-9-22(10-15-26)5-6-24-11-16-27(28(30)19-24)25-12-7-23(8-13-25)17-18-33-20-32-4-2/h3-4,22-28H,1-2,7-21H2. The predicted molar refractivity (Wildman–Crippen MR) is 134 cm³/mol. The molecule has 0 aliphatic heterocycles. The third-order valence-electron chi connectivity index (χ3n) is 8.10. The van der Waals surface area contributed by atoms with Gasteiger partial charge in [0.05, 0.1) is 19.0 Å². The first-order chi connectivity index (χ1) is 17.1. The highest BCUT2D eigenvalue weighted by atomic mass is 19.1. The van der Waals surface area contributed by atoms with E-state index in [2.05, 4.69) is 25.0 Å². The van der Waals surface area contributed by atoms with Crippen LogP contribution < -0.4 is 0 Å². The van der Waals surface area contributed by atoms with Gasteiger partial charge >= 0.3 is 5.97 Å². The molecule has 0 aromatic heterocycles. The average molecular weight is 491 g/mol. The summed E-state index contributed by atoms with van der Waals surface area (Å²) < 4.78 is 36.1. The zero-order chi connectivity index (χ0) is 24.9. The number of carbonyl (C=O) groups is 1. The van der Waals surface area contributed by atoms with Crippen molar-refractivity contribution >= 4 is 5.97 Å². The van der Waals surface area contributed by atoms with Crippen LogP contribution in [0.4, 0.5) is 4.39 Å². The zero-order valence-electron chi connectivity index (χ0n) is 21.1. The predicted octanol–water partition coefficient (Wildman–Crippen LogP) is 6.34. The molecule has 6 heteroatoms. The number of esters is 1. The van der Waals surface area contributed by atoms with Crippen LogP contribution in [0.2, 0.25) is 0 Å². The van der Waals surface area contributed by atoms with E-state index in [0.717, 1.165) is 70.5 Å². The van der Waals surface area contributed by atoms with Crippen molar-refractivity contribution in [3.05, 3.63) is 25.5 Å². The Hall–Kier alpha value is -1.84. The molecule has 0 saturated heterocycles. The second kappa shape index (κ2) is 15.3. The Bertz CT molecular complexity index is 712. The molecule has 0 heterocycles. The molecule has 3 fully saturated rings. The van der Waals surface area contributed by atoms with Crippen molar-refractivity contribution in [2.75, 3.05) is 20.2 Å². The van der Waals surface area contributed by atoms with Crippen LogP contribution in [0.5, 0.6) is 0 Å². The molecule has 5 nitrogen and oxygen atoms in total. The van der Waals surface area contributed by atoms with E-state index in [9.17, 15) is 4.79 Å². The van der Waals surface area contributed by atoms with Crippen LogP contribution in [-0.2, 0) is 23.7 Å². The van der Waals surface area contributed by atoms with Crippen molar-refractivity contribution in [1.29, 1.82) is 0 Å². The van der Waals surface area contributed by atoms with E-state index >= 15 is 4.39 Å². The Morgan fingerprint density at radius 2 is 1.63 bits per heavy atom. The molecule has 0 N–H and O–H groups in total. The van der Waals surface area contributed by atoms with Crippen LogP contribution in [0, 0.1) is 41.4 Å². The quantitative estimate of drug-likeness (QED) is 0.0845. The molecule has 3 aliphatic rings. The molecule has 0 spiro atoms. The smallest absolute Gasteiger partial charge is 0.332 e. The maximum Gasteiger partial charge on any atom is 0.332 e. The fourth-order valence-corrected chi connectivity index (χ4v) is 5.97. The van der Waals surface area contributed by atoms with Crippen molar-refractivity contribution in [1.82, 2.24) is 0 Å². The van der Waals surface area contributed by atoms with Crippen LogP contribution in [0.3, 0.4) is 0 Å². The van der Waals surface area contributed by atoms with Crippen LogP contribution in [-0.4, -0.2) is 38.4 Å². The van der Waals surface area contributed by atoms with Gasteiger partial charge in [0.2, 0.25) is 0 Å². The summed E-state index contributed by atoms with van der Waals surface area (Å²) in [6, 6.07) is 0. The fraction of sp³-hybridized carbons (Fsp3) is 0.759. The number of hydrogen-bond acceptors (Lipinski definition) is 5. The summed E-state index contributed by atoms with van der Waals surface area (Å²) in [5.74, 6) is 8.41. The van der Waals surface area contributed by atoms with Gasteiger partial charge in [0, 0.05) is 17.9 Å². The molecule has 0 amide bonds. The molecule has 3 aliphatic carbocycles. The Balaban J connectivity index is 1.30. The Morgan fingerprint density at radius 1 is 0.914 bits per heavy atom. The van der Waals surface area contributed by atoms with Gasteiger partial charge in [0.1, 0.15) is 6.17 Å². The lowest BCUT2D eigenvalue weighted by molar-refractivity contribution is -0.156. The number of alkyl halides is 1. The molecular formula is C29H43FO5. The van der Waals surface area contributed by atoms with E-state index in [1.54, 1.807) is 0 Å². The summed E-state index contributed by atoms with van der Waals surface area (Å²) in [7, 11) is 0. The molecule has 0 aromatic rings. The molecule has 196 valence electrons. The number of ether oxygens (including phenoxy) is 4. The average Bonchev–Trinajstić information content (AvgIpc) is 2.88. The van der Waals surface area contributed by atoms with Gasteiger partial charge < -0.3 is 18.9 Å². The Morgan fingerprint density at radius 3 is 2.31 bits per heavy atom. The molecule has 3 unspecified atom stereocenters. The topological polar surface area (TPSA) is 54.0 Å². The first-order valence-electron chi connectivity index (χ1n) is 13.4. The summed E-state index contributed by atoms with van der Waals surface area (Å²) in [6.45, 7) is 7.85. The van der Waals surface area contributed by atoms with Gasteiger partial charge in [-0.1, -0.05) is 37.8 Å². The summed E-state index contributed by atoms with van der Waals surface area (Å²) in [4.78, 5) is 11.1. The van der Waals surface area contributed by atoms with Gasteiger partial charge in [-0.05, 0) is 82.0 Å². The lowest BCUT2D eigenvalue weighted by Gasteiger charge is -2.39. The molecule has 35 heavy (non-hydrogen) atoms. The second-order valence-electron chi connectivity index (χ2n) is 10.3. The second-order valence-corrected chi connectivity index (χ2v) is 10.3. The molecule has 0 aromatic carbocycles. The minimum atomic E-state index is -0.716. The van der Waals surface area contributed by atoms with Crippen LogP contribution in [0.15, 0.2) is 25.5 Å². The van der Waals surface area contributed by atoms with Crippen molar-refractivity contribution in [2.45, 2.75) is 89.3 Å². The van der Waals surface area contributed by atoms with E-state index in [-0.39, 0.29) is 31.5 Å². The summed E-state index contributed by atoms with van der Waals surface area (Å²) in [5.41, 5.74) is 0. The van der Waals surface area contributed by atoms with Gasteiger partial charge in [-0.3, -0.25) is 0 Å². The van der Waals surface area contributed by atoms with E-state index in [1.165, 1.54) is 19.1 Å². The highest BCUT2D eigenvalue weighted by Gasteiger charge is 2.37. The van der Waals surface area contributed by atoms with Crippen LogP contribution >= 0.6 is 0 Å². The maximum atomic E-state index is 15.2. The Labute approximate surface area is 210 Å². The van der Waals surface area contributed by atoms with Gasteiger partial charge in [-0.25, -0.2) is 9.18 Å². The SMILES string of the molecule is C=COCOCCC1CCC(C2CCC(C#CC3CCC(OCOC(=O)C=C)CC3)CC2F)CC1. The van der Waals surface area contributed by atoms with Crippen LogP contribution in [0.25, 0.3) is 0 Å². The highest BCUT2D eigenvalue weighted by molar-refractivity contribution is 5.81. The normalized spacial score (nSPS) is 33.1. The lowest BCUT2D eigenvalue weighted by atomic mass is 9.68. The van der Waals surface area contributed by atoms with E-state index < -0.39 is 12.1 Å². The zero-order valence-corrected chi connectivity index (χ0v) is 21.1. The molecular weight excluding hydrogens is 447 g/mol. The van der Waals surface area contributed by atoms with Crippen molar-refractivity contribution in [3.8, 4) is 11.8 Å². The van der Waals surface area contributed by atoms with Gasteiger partial charge in [-0.2, -0.15) is 0 Å². The first-order valence-corrected chi connectivity index (χ1v) is 13.4. The monoisotopic (exact) mass is 490 g/mol. The molecule has 0 bridgehead atoms. The minimum absolute atomic E-state index is 0.0193. The summed E-state index contributed by atoms with van der Waals surface area (Å²) in [6.07, 6.45) is 14.1. The maximum absolute atomic E-state index is 15.2. The summed E-state index contributed by atoms with van der Waals surface area (Å²) in [5, 5.41) is 0. The minimum Gasteiger partial charge on any atom is -0.476 e. The number of carbonyl (C=O) groups excluding carboxylic acids is 1. The third kappa shape index (κ3) is 9.61. The van der Waals surface area contributed by atoms with Gasteiger partial charge in [-0.15, -0.1) is 0 Å². The van der Waals surface area contributed by atoms with Crippen molar-refractivity contribution < 1.29 is 28.1 Å². The number of rotatable bonds is 11. The van der Waals surface area contributed by atoms with Crippen molar-refractivity contribution in [2.24, 2.45) is 29.6 Å². The largest absolute Gasteiger partial charge is 0.476 e. The molecule has 3 atom stereocenters.